The summed E-state index contributed by atoms with van der Waals surface area (Å²) in [6.45, 7) is 5.71. The highest BCUT2D eigenvalue weighted by atomic mass is 32.2. The van der Waals surface area contributed by atoms with Crippen LogP contribution in [0.1, 0.15) is 26.3 Å². The first kappa shape index (κ1) is 21.0. The molecular weight excluding hydrogens is 421 g/mol. The number of nitrogens with one attached hydrogen (secondary N) is 1. The van der Waals surface area contributed by atoms with E-state index in [0.29, 0.717) is 5.56 Å². The van der Waals surface area contributed by atoms with Crippen molar-refractivity contribution in [1.29, 1.82) is 0 Å². The van der Waals surface area contributed by atoms with Crippen molar-refractivity contribution in [2.75, 3.05) is 5.32 Å². The van der Waals surface area contributed by atoms with E-state index in [1.807, 2.05) is 20.8 Å². The Labute approximate surface area is 180 Å². The van der Waals surface area contributed by atoms with Gasteiger partial charge in [-0.3, -0.25) is 4.79 Å². The van der Waals surface area contributed by atoms with E-state index in [1.54, 1.807) is 30.3 Å². The Balaban J connectivity index is 1.77. The van der Waals surface area contributed by atoms with E-state index in [1.165, 1.54) is 23.1 Å². The third-order valence-corrected chi connectivity index (χ3v) is 6.59. The molecule has 0 saturated carbocycles. The highest BCUT2D eigenvalue weighted by Crippen LogP contribution is 2.39. The summed E-state index contributed by atoms with van der Waals surface area (Å²) in [6, 6.07) is 11.2. The van der Waals surface area contributed by atoms with Crippen molar-refractivity contribution in [1.82, 2.24) is 4.90 Å². The Bertz CT molecular complexity index is 1230. The zero-order valence-electron chi connectivity index (χ0n) is 17.3. The van der Waals surface area contributed by atoms with E-state index in [4.69, 9.17) is 0 Å². The minimum absolute atomic E-state index is 0.000162. The Morgan fingerprint density at radius 2 is 1.77 bits per heavy atom. The number of amidine groups is 1. The van der Waals surface area contributed by atoms with Gasteiger partial charge in [-0.05, 0) is 35.2 Å². The van der Waals surface area contributed by atoms with E-state index >= 15 is 0 Å². The molecule has 1 atom stereocenters. The fourth-order valence-corrected chi connectivity index (χ4v) is 5.05. The van der Waals surface area contributed by atoms with Gasteiger partial charge in [0.05, 0.1) is 11.7 Å². The van der Waals surface area contributed by atoms with Crippen LogP contribution in [0, 0.1) is 11.2 Å². The largest absolute Gasteiger partial charge is 0.509 e. The quantitative estimate of drug-likeness (QED) is 0.755. The number of aliphatic hydroxyl groups excluding tert-OH is 1. The number of hydrogen-bond donors (Lipinski definition) is 2. The second-order valence-corrected chi connectivity index (χ2v) is 10.2. The predicted molar refractivity (Wildman–Crippen MR) is 115 cm³/mol. The minimum atomic E-state index is -4.04. The van der Waals surface area contributed by atoms with Gasteiger partial charge in [0.15, 0.2) is 5.84 Å². The zero-order valence-corrected chi connectivity index (χ0v) is 18.1. The molecule has 0 spiro atoms. The summed E-state index contributed by atoms with van der Waals surface area (Å²) >= 11 is 0. The lowest BCUT2D eigenvalue weighted by Crippen LogP contribution is -2.43. The van der Waals surface area contributed by atoms with Gasteiger partial charge in [0.1, 0.15) is 22.0 Å². The molecule has 2 aliphatic rings. The molecule has 9 heteroatoms. The summed E-state index contributed by atoms with van der Waals surface area (Å²) in [5, 5.41) is 13.9. The maximum absolute atomic E-state index is 13.4. The molecule has 0 radical (unpaired) electrons. The number of benzene rings is 2. The number of sulfonamides is 1. The van der Waals surface area contributed by atoms with Crippen molar-refractivity contribution in [3.63, 3.8) is 0 Å². The van der Waals surface area contributed by atoms with Crippen molar-refractivity contribution in [3.05, 3.63) is 71.2 Å². The van der Waals surface area contributed by atoms with Gasteiger partial charge in [0.2, 0.25) is 0 Å². The van der Waals surface area contributed by atoms with Gasteiger partial charge in [-0.25, -0.2) is 4.39 Å². The average molecular weight is 444 g/mol. The van der Waals surface area contributed by atoms with Crippen LogP contribution in [-0.4, -0.2) is 36.2 Å². The standard InChI is InChI=1S/C22H22FN3O4S/c1-22(2,3)19-18(27)17(21(28)26(19)12-13-8-10-14(23)11-9-13)20-24-15-6-4-5-7-16(15)31(29,30)25-20/h4-11,19,27H,12H2,1-3H3,(H,24,25)/t19-/m1/s1. The van der Waals surface area contributed by atoms with Crippen LogP contribution in [0.3, 0.4) is 0 Å². The lowest BCUT2D eigenvalue weighted by Gasteiger charge is -2.35. The number of halogens is 1. The van der Waals surface area contributed by atoms with Crippen molar-refractivity contribution >= 4 is 27.5 Å². The number of para-hydroxylation sites is 1. The number of amides is 1. The van der Waals surface area contributed by atoms with E-state index in [9.17, 15) is 22.7 Å². The van der Waals surface area contributed by atoms with Crippen molar-refractivity contribution in [3.8, 4) is 0 Å². The predicted octanol–water partition coefficient (Wildman–Crippen LogP) is 3.61. The normalized spacial score (nSPS) is 20.4. The molecule has 31 heavy (non-hydrogen) atoms. The zero-order chi connectivity index (χ0) is 22.6. The minimum Gasteiger partial charge on any atom is -0.509 e. The SMILES string of the molecule is CC(C)(C)[C@H]1C(O)=C(C2=NS(=O)(=O)c3ccccc3N2)C(=O)N1Cc1ccc(F)cc1. The van der Waals surface area contributed by atoms with Crippen LogP contribution in [0.2, 0.25) is 0 Å². The number of carbonyl (C=O) groups is 1. The molecule has 2 aliphatic heterocycles. The Morgan fingerprint density at radius 3 is 2.42 bits per heavy atom. The smallest absolute Gasteiger partial charge is 0.286 e. The van der Waals surface area contributed by atoms with Gasteiger partial charge < -0.3 is 15.3 Å². The highest BCUT2D eigenvalue weighted by molar-refractivity contribution is 7.90. The lowest BCUT2D eigenvalue weighted by atomic mass is 9.85. The molecule has 162 valence electrons. The maximum Gasteiger partial charge on any atom is 0.286 e. The number of carbonyl (C=O) groups excluding carboxylic acids is 1. The van der Waals surface area contributed by atoms with Gasteiger partial charge in [-0.15, -0.1) is 4.40 Å². The van der Waals surface area contributed by atoms with Crippen molar-refractivity contribution in [2.45, 2.75) is 38.3 Å². The van der Waals surface area contributed by atoms with Gasteiger partial charge >= 0.3 is 0 Å². The average Bonchev–Trinajstić information content (AvgIpc) is 2.93. The first-order chi connectivity index (χ1) is 14.5. The van der Waals surface area contributed by atoms with E-state index < -0.39 is 33.2 Å². The second kappa shape index (κ2) is 7.19. The molecule has 7 nitrogen and oxygen atoms in total. The molecular formula is C22H22FN3O4S. The first-order valence-electron chi connectivity index (χ1n) is 9.69. The summed E-state index contributed by atoms with van der Waals surface area (Å²) < 4.78 is 42.4. The van der Waals surface area contributed by atoms with Crippen LogP contribution in [0.4, 0.5) is 10.1 Å². The van der Waals surface area contributed by atoms with Gasteiger partial charge in [-0.1, -0.05) is 45.0 Å². The van der Waals surface area contributed by atoms with Crippen LogP contribution in [0.15, 0.2) is 69.2 Å². The van der Waals surface area contributed by atoms with Crippen LogP contribution in [-0.2, 0) is 21.4 Å². The molecule has 2 heterocycles. The molecule has 0 saturated heterocycles. The molecule has 4 rings (SSSR count). The first-order valence-corrected chi connectivity index (χ1v) is 11.1. The van der Waals surface area contributed by atoms with E-state index in [0.717, 1.165) is 0 Å². The molecule has 0 fully saturated rings. The highest BCUT2D eigenvalue weighted by Gasteiger charge is 2.48. The van der Waals surface area contributed by atoms with Crippen LogP contribution >= 0.6 is 0 Å². The summed E-state index contributed by atoms with van der Waals surface area (Å²) in [7, 11) is -4.04. The third kappa shape index (κ3) is 3.69. The molecule has 0 aromatic heterocycles. The number of nitrogens with zero attached hydrogens (tertiary/aromatic N) is 2. The van der Waals surface area contributed by atoms with Gasteiger partial charge in [0.25, 0.3) is 15.9 Å². The van der Waals surface area contributed by atoms with Gasteiger partial charge in [-0.2, -0.15) is 8.42 Å². The second-order valence-electron chi connectivity index (χ2n) is 8.62. The number of fused-ring (bicyclic) bond motifs is 1. The van der Waals surface area contributed by atoms with Crippen LogP contribution < -0.4 is 5.32 Å². The summed E-state index contributed by atoms with van der Waals surface area (Å²) in [6.07, 6.45) is 0. The van der Waals surface area contributed by atoms with Crippen molar-refractivity contribution in [2.24, 2.45) is 9.81 Å². The summed E-state index contributed by atoms with van der Waals surface area (Å²) in [5.41, 5.74) is 0.215. The van der Waals surface area contributed by atoms with E-state index in [-0.39, 0.29) is 34.3 Å². The molecule has 1 amide bonds. The molecule has 2 N–H and O–H groups in total. The fourth-order valence-electron chi connectivity index (χ4n) is 3.93. The lowest BCUT2D eigenvalue weighted by molar-refractivity contribution is -0.129. The molecule has 2 aromatic carbocycles. The van der Waals surface area contributed by atoms with E-state index in [2.05, 4.69) is 9.71 Å². The van der Waals surface area contributed by atoms with Crippen LogP contribution in [0.25, 0.3) is 0 Å². The number of anilines is 1. The molecule has 2 aromatic rings. The Hall–Kier alpha value is -3.20. The molecule has 0 unspecified atom stereocenters. The summed E-state index contributed by atoms with van der Waals surface area (Å²) in [5.74, 6) is -1.41. The van der Waals surface area contributed by atoms with Crippen molar-refractivity contribution < 1.29 is 22.7 Å². The third-order valence-electron chi connectivity index (χ3n) is 5.25. The van der Waals surface area contributed by atoms with Crippen LogP contribution in [0.5, 0.6) is 0 Å². The number of aliphatic hydroxyl groups is 1. The van der Waals surface area contributed by atoms with Gasteiger partial charge in [0, 0.05) is 6.54 Å². The Morgan fingerprint density at radius 1 is 1.13 bits per heavy atom. The topological polar surface area (TPSA) is 99.1 Å². The number of rotatable bonds is 3. The Kier molecular flexibility index (Phi) is 4.88. The monoisotopic (exact) mass is 443 g/mol. The molecule has 0 aliphatic carbocycles. The maximum atomic E-state index is 13.4. The fraction of sp³-hybridized carbons (Fsp3) is 0.273. The summed E-state index contributed by atoms with van der Waals surface area (Å²) in [4.78, 5) is 14.8. The number of hydrogen-bond acceptors (Lipinski definition) is 5. The molecule has 0 bridgehead atoms.